The lowest BCUT2D eigenvalue weighted by Gasteiger charge is -2.33. The topological polar surface area (TPSA) is 17.3 Å². The quantitative estimate of drug-likeness (QED) is 0.698. The van der Waals surface area contributed by atoms with Crippen LogP contribution >= 0.6 is 11.6 Å². The molecule has 0 fully saturated rings. The van der Waals surface area contributed by atoms with Gasteiger partial charge in [-0.15, -0.1) is 0 Å². The molecule has 1 aliphatic carbocycles. The van der Waals surface area contributed by atoms with Crippen molar-refractivity contribution in [2.24, 2.45) is 11.3 Å². The molecular weight excluding hydrogens is 244 g/mol. The molecule has 0 bridgehead atoms. The molecule has 2 heterocycles. The van der Waals surface area contributed by atoms with Crippen molar-refractivity contribution in [3.05, 3.63) is 34.7 Å². The minimum absolute atomic E-state index is 0.362. The van der Waals surface area contributed by atoms with Crippen molar-refractivity contribution in [1.29, 1.82) is 0 Å². The largest absolute Gasteiger partial charge is 0.302 e. The second kappa shape index (κ2) is 3.99. The Morgan fingerprint density at radius 3 is 2.83 bits per heavy atom. The standard InChI is InChI=1S/C15H19ClN2/c1-15(2,3)10-4-6-12-13(8-10)18-9-11(16)5-7-14(18)17-12/h5,7,9-10H,4,6,8H2,1-3H3. The van der Waals surface area contributed by atoms with Crippen LogP contribution in [0, 0.1) is 11.3 Å². The first-order valence-electron chi connectivity index (χ1n) is 6.60. The first-order chi connectivity index (χ1) is 8.45. The number of halogens is 1. The Hall–Kier alpha value is -1.02. The molecule has 18 heavy (non-hydrogen) atoms. The molecule has 1 unspecified atom stereocenters. The molecule has 3 rings (SSSR count). The van der Waals surface area contributed by atoms with E-state index in [0.717, 1.165) is 29.4 Å². The van der Waals surface area contributed by atoms with Crippen molar-refractivity contribution in [2.45, 2.75) is 40.0 Å². The smallest absolute Gasteiger partial charge is 0.137 e. The number of imidazole rings is 1. The van der Waals surface area contributed by atoms with Crippen LogP contribution in [-0.2, 0) is 12.8 Å². The summed E-state index contributed by atoms with van der Waals surface area (Å²) in [6.07, 6.45) is 5.44. The molecule has 0 N–H and O–H groups in total. The Balaban J connectivity index is 2.08. The SMILES string of the molecule is CC(C)(C)C1CCc2nc3ccc(Cl)cn3c2C1. The highest BCUT2D eigenvalue weighted by Gasteiger charge is 2.31. The number of hydrogen-bond donors (Lipinski definition) is 0. The fraction of sp³-hybridized carbons (Fsp3) is 0.533. The molecule has 3 heteroatoms. The molecule has 1 atom stereocenters. The van der Waals surface area contributed by atoms with E-state index in [9.17, 15) is 0 Å². The van der Waals surface area contributed by atoms with Crippen LogP contribution in [0.3, 0.4) is 0 Å². The van der Waals surface area contributed by atoms with E-state index in [1.165, 1.54) is 17.8 Å². The summed E-state index contributed by atoms with van der Waals surface area (Å²) in [6.45, 7) is 7.00. The highest BCUT2D eigenvalue weighted by molar-refractivity contribution is 6.30. The van der Waals surface area contributed by atoms with Crippen LogP contribution in [-0.4, -0.2) is 9.38 Å². The molecule has 0 amide bonds. The Kier molecular flexibility index (Phi) is 2.67. The average molecular weight is 263 g/mol. The van der Waals surface area contributed by atoms with Gasteiger partial charge in [-0.05, 0) is 42.7 Å². The van der Waals surface area contributed by atoms with Gasteiger partial charge in [0.05, 0.1) is 10.7 Å². The van der Waals surface area contributed by atoms with Gasteiger partial charge < -0.3 is 4.40 Å². The second-order valence-electron chi connectivity index (χ2n) is 6.39. The highest BCUT2D eigenvalue weighted by Crippen LogP contribution is 2.37. The van der Waals surface area contributed by atoms with Crippen molar-refractivity contribution in [3.8, 4) is 0 Å². The number of hydrogen-bond acceptors (Lipinski definition) is 1. The summed E-state index contributed by atoms with van der Waals surface area (Å²) >= 11 is 6.10. The zero-order valence-electron chi connectivity index (χ0n) is 11.2. The lowest BCUT2D eigenvalue weighted by Crippen LogP contribution is -2.27. The molecule has 0 aliphatic heterocycles. The molecule has 2 aromatic rings. The van der Waals surface area contributed by atoms with Crippen molar-refractivity contribution < 1.29 is 0 Å². The monoisotopic (exact) mass is 262 g/mol. The van der Waals surface area contributed by atoms with E-state index < -0.39 is 0 Å². The van der Waals surface area contributed by atoms with Crippen LogP contribution < -0.4 is 0 Å². The van der Waals surface area contributed by atoms with Crippen molar-refractivity contribution >= 4 is 17.2 Å². The summed E-state index contributed by atoms with van der Waals surface area (Å²) in [7, 11) is 0. The minimum Gasteiger partial charge on any atom is -0.302 e. The van der Waals surface area contributed by atoms with Crippen molar-refractivity contribution in [3.63, 3.8) is 0 Å². The van der Waals surface area contributed by atoms with Gasteiger partial charge in [-0.3, -0.25) is 0 Å². The summed E-state index contributed by atoms with van der Waals surface area (Å²) < 4.78 is 2.18. The predicted molar refractivity (Wildman–Crippen MR) is 75.2 cm³/mol. The van der Waals surface area contributed by atoms with E-state index in [1.807, 2.05) is 18.3 Å². The maximum absolute atomic E-state index is 6.10. The molecule has 0 saturated heterocycles. The lowest BCUT2D eigenvalue weighted by molar-refractivity contribution is 0.213. The van der Waals surface area contributed by atoms with Crippen LogP contribution in [0.2, 0.25) is 5.02 Å². The summed E-state index contributed by atoms with van der Waals surface area (Å²) in [6, 6.07) is 3.92. The van der Waals surface area contributed by atoms with Gasteiger partial charge in [0.25, 0.3) is 0 Å². The van der Waals surface area contributed by atoms with Gasteiger partial charge in [-0.2, -0.15) is 0 Å². The van der Waals surface area contributed by atoms with Gasteiger partial charge in [0.15, 0.2) is 0 Å². The van der Waals surface area contributed by atoms with E-state index in [1.54, 1.807) is 0 Å². The number of aryl methyl sites for hydroxylation is 1. The van der Waals surface area contributed by atoms with Gasteiger partial charge >= 0.3 is 0 Å². The van der Waals surface area contributed by atoms with Crippen LogP contribution in [0.1, 0.15) is 38.6 Å². The summed E-state index contributed by atoms with van der Waals surface area (Å²) in [4.78, 5) is 4.72. The van der Waals surface area contributed by atoms with Gasteiger partial charge in [0, 0.05) is 11.9 Å². The van der Waals surface area contributed by atoms with Crippen LogP contribution in [0.4, 0.5) is 0 Å². The van der Waals surface area contributed by atoms with E-state index >= 15 is 0 Å². The van der Waals surface area contributed by atoms with Gasteiger partial charge in [-0.25, -0.2) is 4.98 Å². The normalized spacial score (nSPS) is 20.1. The Bertz CT molecular complexity index is 592. The van der Waals surface area contributed by atoms with E-state index in [-0.39, 0.29) is 0 Å². The molecule has 1 aliphatic rings. The number of nitrogens with zero attached hydrogens (tertiary/aromatic N) is 2. The van der Waals surface area contributed by atoms with Gasteiger partial charge in [0.1, 0.15) is 5.65 Å². The van der Waals surface area contributed by atoms with Gasteiger partial charge in [0.2, 0.25) is 0 Å². The third-order valence-electron chi connectivity index (χ3n) is 4.16. The molecule has 0 saturated carbocycles. The third-order valence-corrected chi connectivity index (χ3v) is 4.38. The van der Waals surface area contributed by atoms with Crippen molar-refractivity contribution in [2.75, 3.05) is 0 Å². The number of pyridine rings is 1. The highest BCUT2D eigenvalue weighted by atomic mass is 35.5. The van der Waals surface area contributed by atoms with Crippen molar-refractivity contribution in [1.82, 2.24) is 9.38 Å². The maximum Gasteiger partial charge on any atom is 0.137 e. The molecule has 2 nitrogen and oxygen atoms in total. The molecule has 2 aromatic heterocycles. The number of fused-ring (bicyclic) bond motifs is 3. The summed E-state index contributed by atoms with van der Waals surface area (Å²) in [5, 5.41) is 0.778. The zero-order valence-corrected chi connectivity index (χ0v) is 12.0. The van der Waals surface area contributed by atoms with Crippen LogP contribution in [0.5, 0.6) is 0 Å². The van der Waals surface area contributed by atoms with E-state index in [0.29, 0.717) is 5.41 Å². The van der Waals surface area contributed by atoms with Crippen LogP contribution in [0.25, 0.3) is 5.65 Å². The summed E-state index contributed by atoms with van der Waals surface area (Å²) in [5.74, 6) is 0.726. The lowest BCUT2D eigenvalue weighted by atomic mass is 9.73. The van der Waals surface area contributed by atoms with E-state index in [2.05, 4.69) is 25.2 Å². The molecular formula is C15H19ClN2. The molecule has 0 spiro atoms. The van der Waals surface area contributed by atoms with Crippen LogP contribution in [0.15, 0.2) is 18.3 Å². The predicted octanol–water partition coefficient (Wildman–Crippen LogP) is 4.14. The molecule has 0 radical (unpaired) electrons. The Morgan fingerprint density at radius 2 is 2.11 bits per heavy atom. The third kappa shape index (κ3) is 1.93. The van der Waals surface area contributed by atoms with Gasteiger partial charge in [-0.1, -0.05) is 32.4 Å². The fourth-order valence-corrected chi connectivity index (χ4v) is 3.08. The Morgan fingerprint density at radius 1 is 1.33 bits per heavy atom. The molecule has 96 valence electrons. The number of rotatable bonds is 0. The Labute approximate surface area is 113 Å². The zero-order chi connectivity index (χ0) is 12.9. The minimum atomic E-state index is 0.362. The second-order valence-corrected chi connectivity index (χ2v) is 6.82. The average Bonchev–Trinajstić information content (AvgIpc) is 2.65. The number of aromatic nitrogens is 2. The molecule has 0 aromatic carbocycles. The maximum atomic E-state index is 6.10. The first-order valence-corrected chi connectivity index (χ1v) is 6.98. The first kappa shape index (κ1) is 12.0. The fourth-order valence-electron chi connectivity index (χ4n) is 2.92. The summed E-state index contributed by atoms with van der Waals surface area (Å²) in [5.41, 5.74) is 4.01. The van der Waals surface area contributed by atoms with E-state index in [4.69, 9.17) is 16.6 Å².